The first-order chi connectivity index (χ1) is 13.9. The highest BCUT2D eigenvalue weighted by Crippen LogP contribution is 2.33. The molecule has 2 aromatic heterocycles. The van der Waals surface area contributed by atoms with Crippen LogP contribution in [0.4, 0.5) is 24.7 Å². The van der Waals surface area contributed by atoms with Gasteiger partial charge in [0.25, 0.3) is 0 Å². The van der Waals surface area contributed by atoms with Crippen LogP contribution in [0.15, 0.2) is 47.3 Å². The molecule has 0 saturated carbocycles. The number of hydrogen-bond acceptors (Lipinski definition) is 5. The van der Waals surface area contributed by atoms with Crippen molar-refractivity contribution in [2.45, 2.75) is 12.7 Å². The van der Waals surface area contributed by atoms with E-state index in [1.165, 1.54) is 0 Å². The van der Waals surface area contributed by atoms with Gasteiger partial charge in [0, 0.05) is 31.4 Å². The fraction of sp³-hybridized carbons (Fsp3) is 0.300. The Hall–Kier alpha value is -2.91. The lowest BCUT2D eigenvalue weighted by molar-refractivity contribution is -0.136. The Bertz CT molecular complexity index is 1060. The zero-order chi connectivity index (χ0) is 20.4. The third-order valence-electron chi connectivity index (χ3n) is 4.69. The maximum absolute atomic E-state index is 13.7. The van der Waals surface area contributed by atoms with Crippen LogP contribution in [0.1, 0.15) is 11.3 Å². The van der Waals surface area contributed by atoms with Gasteiger partial charge in [0.2, 0.25) is 0 Å². The summed E-state index contributed by atoms with van der Waals surface area (Å²) in [4.78, 5) is 21.7. The third kappa shape index (κ3) is 4.41. The smallest absolute Gasteiger partial charge is 0.379 e. The first kappa shape index (κ1) is 19.4. The van der Waals surface area contributed by atoms with Gasteiger partial charge in [-0.1, -0.05) is 18.2 Å². The molecule has 1 fully saturated rings. The molecule has 0 atom stereocenters. The van der Waals surface area contributed by atoms with Gasteiger partial charge in [0.05, 0.1) is 29.9 Å². The normalized spacial score (nSPS) is 15.6. The van der Waals surface area contributed by atoms with E-state index in [0.29, 0.717) is 32.0 Å². The van der Waals surface area contributed by atoms with E-state index in [2.05, 4.69) is 15.3 Å². The third-order valence-corrected chi connectivity index (χ3v) is 4.69. The van der Waals surface area contributed by atoms with Gasteiger partial charge in [-0.25, -0.2) is 4.98 Å². The molecule has 1 aliphatic rings. The van der Waals surface area contributed by atoms with E-state index >= 15 is 0 Å². The van der Waals surface area contributed by atoms with E-state index in [-0.39, 0.29) is 23.7 Å². The number of anilines is 2. The van der Waals surface area contributed by atoms with E-state index in [0.717, 1.165) is 12.1 Å². The van der Waals surface area contributed by atoms with E-state index in [4.69, 9.17) is 4.74 Å². The molecule has 3 heterocycles. The molecular formula is C20H19F3N4O2. The second-order valence-corrected chi connectivity index (χ2v) is 6.81. The lowest BCUT2D eigenvalue weighted by Gasteiger charge is -2.26. The molecule has 1 aromatic carbocycles. The molecule has 1 saturated heterocycles. The number of aromatic amines is 1. The minimum atomic E-state index is -4.66. The van der Waals surface area contributed by atoms with Crippen LogP contribution in [0, 0.1) is 0 Å². The summed E-state index contributed by atoms with van der Waals surface area (Å²) in [7, 11) is 0. The molecule has 0 radical (unpaired) electrons. The number of para-hydroxylation sites is 1. The number of fused-ring (bicyclic) bond motifs is 1. The largest absolute Gasteiger partial charge is 0.417 e. The Morgan fingerprint density at radius 2 is 1.86 bits per heavy atom. The number of ether oxygens (including phenoxy) is 1. The second-order valence-electron chi connectivity index (χ2n) is 6.81. The topological polar surface area (TPSA) is 70.2 Å². The molecule has 9 heteroatoms. The number of aromatic nitrogens is 2. The van der Waals surface area contributed by atoms with Crippen LogP contribution >= 0.6 is 0 Å². The average molecular weight is 404 g/mol. The van der Waals surface area contributed by atoms with Crippen LogP contribution in [0.25, 0.3) is 11.0 Å². The molecule has 152 valence electrons. The van der Waals surface area contributed by atoms with Gasteiger partial charge < -0.3 is 15.0 Å². The molecule has 2 N–H and O–H groups in total. The standard InChI is InChI=1S/C20H19F3N4O2/c21-20(22,23)15-10-14(12-27-6-8-29-9-7-27)25-19-18(15)16(28)11-17(26-19)24-13-4-2-1-3-5-13/h1-5,10-11H,6-9,12H2,(H2,24,25,26,28). The SMILES string of the molecule is O=c1cc(Nc2ccccc2)[nH]c2nc(CN3CCOCC3)cc(C(F)(F)F)c12. The van der Waals surface area contributed by atoms with Crippen molar-refractivity contribution in [2.75, 3.05) is 31.6 Å². The Kier molecular flexibility index (Phi) is 5.25. The number of H-pyrrole nitrogens is 1. The van der Waals surface area contributed by atoms with Crippen molar-refractivity contribution in [2.24, 2.45) is 0 Å². The number of alkyl halides is 3. The Morgan fingerprint density at radius 3 is 2.55 bits per heavy atom. The fourth-order valence-electron chi connectivity index (χ4n) is 3.34. The highest BCUT2D eigenvalue weighted by Gasteiger charge is 2.35. The summed E-state index contributed by atoms with van der Waals surface area (Å²) in [6.07, 6.45) is -4.66. The van der Waals surface area contributed by atoms with Crippen molar-refractivity contribution in [1.29, 1.82) is 0 Å². The number of benzene rings is 1. The van der Waals surface area contributed by atoms with E-state index in [1.54, 1.807) is 12.1 Å². The molecule has 0 unspecified atom stereocenters. The summed E-state index contributed by atoms with van der Waals surface area (Å²) in [6.45, 7) is 2.55. The van der Waals surface area contributed by atoms with Crippen molar-refractivity contribution >= 4 is 22.5 Å². The summed E-state index contributed by atoms with van der Waals surface area (Å²) in [5, 5.41) is 2.54. The van der Waals surface area contributed by atoms with E-state index in [1.807, 2.05) is 23.1 Å². The van der Waals surface area contributed by atoms with E-state index < -0.39 is 22.6 Å². The van der Waals surface area contributed by atoms with Crippen LogP contribution in [-0.2, 0) is 17.5 Å². The molecular weight excluding hydrogens is 385 g/mol. The maximum atomic E-state index is 13.7. The summed E-state index contributed by atoms with van der Waals surface area (Å²) >= 11 is 0. The van der Waals surface area contributed by atoms with Gasteiger partial charge >= 0.3 is 6.18 Å². The minimum Gasteiger partial charge on any atom is -0.379 e. The second kappa shape index (κ2) is 7.84. The van der Waals surface area contributed by atoms with Crippen LogP contribution in [0.2, 0.25) is 0 Å². The summed E-state index contributed by atoms with van der Waals surface area (Å²) in [5.41, 5.74) is -0.857. The monoisotopic (exact) mass is 404 g/mol. The number of nitrogens with one attached hydrogen (secondary N) is 2. The number of morpholine rings is 1. The zero-order valence-corrected chi connectivity index (χ0v) is 15.4. The molecule has 1 aliphatic heterocycles. The van der Waals surface area contributed by atoms with Crippen LogP contribution in [0.3, 0.4) is 0 Å². The number of rotatable bonds is 4. The molecule has 6 nitrogen and oxygen atoms in total. The number of nitrogens with zero attached hydrogens (tertiary/aromatic N) is 2. The van der Waals surface area contributed by atoms with Crippen molar-refractivity contribution in [3.05, 3.63) is 63.9 Å². The van der Waals surface area contributed by atoms with Gasteiger partial charge in [-0.3, -0.25) is 9.69 Å². The highest BCUT2D eigenvalue weighted by molar-refractivity contribution is 5.81. The average Bonchev–Trinajstić information content (AvgIpc) is 2.68. The molecule has 4 rings (SSSR count). The number of hydrogen-bond donors (Lipinski definition) is 2. The molecule has 0 spiro atoms. The lowest BCUT2D eigenvalue weighted by Crippen LogP contribution is -2.36. The fourth-order valence-corrected chi connectivity index (χ4v) is 3.34. The zero-order valence-electron chi connectivity index (χ0n) is 15.4. The van der Waals surface area contributed by atoms with Crippen molar-refractivity contribution in [3.63, 3.8) is 0 Å². The Labute approximate surface area is 164 Å². The minimum absolute atomic E-state index is 0.0889. The molecule has 0 amide bonds. The van der Waals surface area contributed by atoms with Gasteiger partial charge in [0.15, 0.2) is 5.43 Å². The first-order valence-electron chi connectivity index (χ1n) is 9.16. The quantitative estimate of drug-likeness (QED) is 0.696. The van der Waals surface area contributed by atoms with E-state index in [9.17, 15) is 18.0 Å². The molecule has 3 aromatic rings. The van der Waals surface area contributed by atoms with Crippen LogP contribution in [-0.4, -0.2) is 41.2 Å². The Balaban J connectivity index is 1.78. The van der Waals surface area contributed by atoms with Gasteiger partial charge in [-0.05, 0) is 18.2 Å². The predicted molar refractivity (Wildman–Crippen MR) is 103 cm³/mol. The first-order valence-corrected chi connectivity index (χ1v) is 9.16. The van der Waals surface area contributed by atoms with Crippen molar-refractivity contribution in [3.8, 4) is 0 Å². The summed E-state index contributed by atoms with van der Waals surface area (Å²) in [5.74, 6) is 0.276. The predicted octanol–water partition coefficient (Wildman–Crippen LogP) is 3.52. The van der Waals surface area contributed by atoms with Crippen molar-refractivity contribution in [1.82, 2.24) is 14.9 Å². The lowest BCUT2D eigenvalue weighted by atomic mass is 10.1. The maximum Gasteiger partial charge on any atom is 0.417 e. The van der Waals surface area contributed by atoms with Gasteiger partial charge in [0.1, 0.15) is 11.5 Å². The Morgan fingerprint density at radius 1 is 1.14 bits per heavy atom. The van der Waals surface area contributed by atoms with Crippen LogP contribution in [0.5, 0.6) is 0 Å². The molecule has 29 heavy (non-hydrogen) atoms. The number of halogens is 3. The summed E-state index contributed by atoms with van der Waals surface area (Å²) in [6, 6.07) is 11.1. The highest BCUT2D eigenvalue weighted by atomic mass is 19.4. The summed E-state index contributed by atoms with van der Waals surface area (Å²) < 4.78 is 46.3. The van der Waals surface area contributed by atoms with Gasteiger partial charge in [-0.2, -0.15) is 13.2 Å². The van der Waals surface area contributed by atoms with Crippen molar-refractivity contribution < 1.29 is 17.9 Å². The molecule has 0 bridgehead atoms. The van der Waals surface area contributed by atoms with Gasteiger partial charge in [-0.15, -0.1) is 0 Å². The van der Waals surface area contributed by atoms with Crippen LogP contribution < -0.4 is 10.7 Å². The molecule has 0 aliphatic carbocycles. The number of pyridine rings is 2.